The van der Waals surface area contributed by atoms with Gasteiger partial charge in [-0.1, -0.05) is 17.7 Å². The summed E-state index contributed by atoms with van der Waals surface area (Å²) in [6.45, 7) is 3.95. The minimum Gasteiger partial charge on any atom is -0.466 e. The lowest BCUT2D eigenvalue weighted by atomic mass is 9.99. The molecule has 2 nitrogen and oxygen atoms in total. The lowest BCUT2D eigenvalue weighted by Gasteiger charge is -2.16. The van der Waals surface area contributed by atoms with Crippen LogP contribution in [0.25, 0.3) is 0 Å². The molecule has 0 bridgehead atoms. The van der Waals surface area contributed by atoms with E-state index in [1.165, 1.54) is 0 Å². The van der Waals surface area contributed by atoms with Crippen LogP contribution in [0.1, 0.15) is 28.7 Å². The third kappa shape index (κ3) is 2.73. The topological polar surface area (TPSA) is 25.2 Å². The van der Waals surface area contributed by atoms with Crippen molar-refractivity contribution in [1.82, 2.24) is 5.32 Å². The first kappa shape index (κ1) is 13.9. The highest BCUT2D eigenvalue weighted by molar-refractivity contribution is 14.1. The second kappa shape index (κ2) is 5.63. The average Bonchev–Trinajstić information content (AvgIpc) is 2.64. The lowest BCUT2D eigenvalue weighted by Crippen LogP contribution is -2.17. The Labute approximate surface area is 126 Å². The Morgan fingerprint density at radius 2 is 2.00 bits per heavy atom. The normalized spacial score (nSPS) is 12.7. The van der Waals surface area contributed by atoms with Gasteiger partial charge in [0.25, 0.3) is 0 Å². The van der Waals surface area contributed by atoms with E-state index in [1.807, 2.05) is 33.0 Å². The summed E-state index contributed by atoms with van der Waals surface area (Å²) in [6.07, 6.45) is 0. The Morgan fingerprint density at radius 3 is 2.50 bits per heavy atom. The maximum Gasteiger partial charge on any atom is 0.106 e. The average molecular weight is 376 g/mol. The van der Waals surface area contributed by atoms with Crippen molar-refractivity contribution in [2.24, 2.45) is 0 Å². The van der Waals surface area contributed by atoms with Crippen LogP contribution in [0.4, 0.5) is 0 Å². The minimum atomic E-state index is 0.108. The van der Waals surface area contributed by atoms with Gasteiger partial charge in [0, 0.05) is 9.13 Å². The molecular formula is C14H15ClINO. The zero-order chi connectivity index (χ0) is 13.3. The van der Waals surface area contributed by atoms with Crippen molar-refractivity contribution in [3.63, 3.8) is 0 Å². The van der Waals surface area contributed by atoms with Gasteiger partial charge in [0.2, 0.25) is 0 Å². The van der Waals surface area contributed by atoms with Gasteiger partial charge in [-0.3, -0.25) is 0 Å². The Hall–Kier alpha value is -0.520. The van der Waals surface area contributed by atoms with Crippen LogP contribution in [0.3, 0.4) is 0 Å². The monoisotopic (exact) mass is 375 g/mol. The molecule has 0 aliphatic heterocycles. The molecule has 1 aromatic carbocycles. The summed E-state index contributed by atoms with van der Waals surface area (Å²) in [5.41, 5.74) is 2.30. The summed E-state index contributed by atoms with van der Waals surface area (Å²) < 4.78 is 6.66. The van der Waals surface area contributed by atoms with Crippen LogP contribution in [-0.4, -0.2) is 7.05 Å². The van der Waals surface area contributed by atoms with Crippen molar-refractivity contribution in [2.45, 2.75) is 19.9 Å². The van der Waals surface area contributed by atoms with Crippen LogP contribution >= 0.6 is 34.2 Å². The Bertz CT molecular complexity index is 565. The van der Waals surface area contributed by atoms with Gasteiger partial charge in [0.1, 0.15) is 11.5 Å². The fraction of sp³-hybridized carbons (Fsp3) is 0.286. The molecule has 0 aliphatic carbocycles. The highest BCUT2D eigenvalue weighted by Gasteiger charge is 2.18. The van der Waals surface area contributed by atoms with Crippen molar-refractivity contribution < 1.29 is 4.42 Å². The van der Waals surface area contributed by atoms with E-state index in [0.717, 1.165) is 31.2 Å². The number of halogens is 2. The fourth-order valence-corrected chi connectivity index (χ4v) is 2.66. The highest BCUT2D eigenvalue weighted by Crippen LogP contribution is 2.30. The standard InChI is InChI=1S/C14H15ClINO/c1-8-6-11(9(2)18-8)14(17-3)10-4-5-13(16)12(15)7-10/h4-7,14,17H,1-3H3. The highest BCUT2D eigenvalue weighted by atomic mass is 127. The minimum absolute atomic E-state index is 0.108. The van der Waals surface area contributed by atoms with Gasteiger partial charge in [-0.15, -0.1) is 0 Å². The molecule has 96 valence electrons. The van der Waals surface area contributed by atoms with Crippen LogP contribution in [0, 0.1) is 17.4 Å². The van der Waals surface area contributed by atoms with E-state index in [2.05, 4.69) is 40.0 Å². The van der Waals surface area contributed by atoms with E-state index in [-0.39, 0.29) is 6.04 Å². The smallest absolute Gasteiger partial charge is 0.106 e. The number of benzene rings is 1. The summed E-state index contributed by atoms with van der Waals surface area (Å²) >= 11 is 8.42. The first-order valence-electron chi connectivity index (χ1n) is 5.72. The molecular weight excluding hydrogens is 361 g/mol. The van der Waals surface area contributed by atoms with Crippen molar-refractivity contribution in [3.05, 3.63) is 55.5 Å². The third-order valence-corrected chi connectivity index (χ3v) is 4.53. The molecule has 1 aromatic heterocycles. The number of hydrogen-bond acceptors (Lipinski definition) is 2. The van der Waals surface area contributed by atoms with Gasteiger partial charge in [0.05, 0.1) is 11.1 Å². The predicted molar refractivity (Wildman–Crippen MR) is 83.3 cm³/mol. The molecule has 4 heteroatoms. The second-order valence-electron chi connectivity index (χ2n) is 4.26. The van der Waals surface area contributed by atoms with Gasteiger partial charge < -0.3 is 9.73 Å². The van der Waals surface area contributed by atoms with Crippen LogP contribution < -0.4 is 5.32 Å². The molecule has 2 aromatic rings. The first-order valence-corrected chi connectivity index (χ1v) is 7.17. The Morgan fingerprint density at radius 1 is 1.28 bits per heavy atom. The van der Waals surface area contributed by atoms with Crippen LogP contribution in [0.5, 0.6) is 0 Å². The summed E-state index contributed by atoms with van der Waals surface area (Å²) in [5.74, 6) is 1.88. The molecule has 2 rings (SSSR count). The van der Waals surface area contributed by atoms with Gasteiger partial charge in [0.15, 0.2) is 0 Å². The summed E-state index contributed by atoms with van der Waals surface area (Å²) in [7, 11) is 1.94. The van der Waals surface area contributed by atoms with E-state index in [0.29, 0.717) is 0 Å². The molecule has 0 fully saturated rings. The molecule has 1 atom stereocenters. The quantitative estimate of drug-likeness (QED) is 0.801. The summed E-state index contributed by atoms with van der Waals surface area (Å²) in [5, 5.41) is 4.10. The second-order valence-corrected chi connectivity index (χ2v) is 5.83. The summed E-state index contributed by atoms with van der Waals surface area (Å²) in [6, 6.07) is 8.31. The van der Waals surface area contributed by atoms with E-state index < -0.39 is 0 Å². The van der Waals surface area contributed by atoms with Crippen molar-refractivity contribution in [1.29, 1.82) is 0 Å². The number of rotatable bonds is 3. The van der Waals surface area contributed by atoms with Gasteiger partial charge in [-0.2, -0.15) is 0 Å². The SMILES string of the molecule is CNC(c1ccc(I)c(Cl)c1)c1cc(C)oc1C. The molecule has 0 aliphatic rings. The Balaban J connectivity index is 2.45. The predicted octanol–water partition coefficient (Wildman–Crippen LogP) is 4.46. The molecule has 0 amide bonds. The molecule has 1 heterocycles. The maximum absolute atomic E-state index is 6.19. The van der Waals surface area contributed by atoms with E-state index in [1.54, 1.807) is 0 Å². The van der Waals surface area contributed by atoms with Gasteiger partial charge in [-0.25, -0.2) is 0 Å². The van der Waals surface area contributed by atoms with Crippen LogP contribution in [0.2, 0.25) is 5.02 Å². The number of hydrogen-bond donors (Lipinski definition) is 1. The molecule has 0 saturated heterocycles. The zero-order valence-corrected chi connectivity index (χ0v) is 13.5. The number of aryl methyl sites for hydroxylation is 2. The molecule has 18 heavy (non-hydrogen) atoms. The van der Waals surface area contributed by atoms with Crippen LogP contribution in [0.15, 0.2) is 28.7 Å². The van der Waals surface area contributed by atoms with E-state index >= 15 is 0 Å². The summed E-state index contributed by atoms with van der Waals surface area (Å²) in [4.78, 5) is 0. The molecule has 1 unspecified atom stereocenters. The molecule has 0 radical (unpaired) electrons. The molecule has 0 spiro atoms. The van der Waals surface area contributed by atoms with E-state index in [4.69, 9.17) is 16.0 Å². The largest absolute Gasteiger partial charge is 0.466 e. The lowest BCUT2D eigenvalue weighted by molar-refractivity contribution is 0.497. The third-order valence-electron chi connectivity index (χ3n) is 2.96. The van der Waals surface area contributed by atoms with Crippen molar-refractivity contribution >= 4 is 34.2 Å². The maximum atomic E-state index is 6.19. The molecule has 1 N–H and O–H groups in total. The molecule has 0 saturated carbocycles. The Kier molecular flexibility index (Phi) is 4.35. The van der Waals surface area contributed by atoms with Gasteiger partial charge >= 0.3 is 0 Å². The fourth-order valence-electron chi connectivity index (χ4n) is 2.13. The number of furan rings is 1. The van der Waals surface area contributed by atoms with Crippen molar-refractivity contribution in [2.75, 3.05) is 7.05 Å². The number of nitrogens with one attached hydrogen (secondary N) is 1. The zero-order valence-electron chi connectivity index (χ0n) is 10.6. The van der Waals surface area contributed by atoms with E-state index in [9.17, 15) is 0 Å². The van der Waals surface area contributed by atoms with Crippen molar-refractivity contribution in [3.8, 4) is 0 Å². The first-order chi connectivity index (χ1) is 8.52. The van der Waals surface area contributed by atoms with Gasteiger partial charge in [-0.05, 0) is 67.2 Å². The van der Waals surface area contributed by atoms with Crippen LogP contribution in [-0.2, 0) is 0 Å².